The molecular formula is C44H78N4O4. The van der Waals surface area contributed by atoms with Crippen LogP contribution >= 0.6 is 0 Å². The molecule has 0 radical (unpaired) electrons. The number of rotatable bonds is 23. The average molecular weight is 727 g/mol. The molecule has 298 valence electrons. The number of carbonyl (C=O) groups is 3. The lowest BCUT2D eigenvalue weighted by Gasteiger charge is -2.27. The number of aliphatic hydroxyl groups is 1. The second kappa shape index (κ2) is 32.7. The molecule has 2 aliphatic rings. The van der Waals surface area contributed by atoms with E-state index in [0.717, 1.165) is 44.6 Å². The SMILES string of the molecule is C#CC[C@H](NC(=O)CCC(=O)N(C)CCN(CCC)CCO)C(=O)NC[C@H](CCCC(C)C)CC1CCCCC1.CC.CCCC1=CCC=CC=C1. The summed E-state index contributed by atoms with van der Waals surface area (Å²) in [6, 6.07) is -0.794. The number of hydrogen-bond acceptors (Lipinski definition) is 5. The number of carbonyl (C=O) groups excluding carboxylic acids is 3. The number of likely N-dealkylation sites (N-methyl/N-ethyl adjacent to an activating group) is 1. The second-order valence-corrected chi connectivity index (χ2v) is 14.6. The van der Waals surface area contributed by atoms with Crippen LogP contribution < -0.4 is 10.6 Å². The Morgan fingerprint density at radius 2 is 1.71 bits per heavy atom. The highest BCUT2D eigenvalue weighted by Crippen LogP contribution is 2.31. The maximum Gasteiger partial charge on any atom is 0.243 e. The van der Waals surface area contributed by atoms with Crippen molar-refractivity contribution >= 4 is 17.7 Å². The van der Waals surface area contributed by atoms with Crippen LogP contribution in [0.1, 0.15) is 144 Å². The van der Waals surface area contributed by atoms with Crippen molar-refractivity contribution in [2.45, 2.75) is 150 Å². The van der Waals surface area contributed by atoms with Gasteiger partial charge in [-0.1, -0.05) is 129 Å². The molecule has 1 saturated carbocycles. The van der Waals surface area contributed by atoms with Gasteiger partial charge in [-0.25, -0.2) is 0 Å². The van der Waals surface area contributed by atoms with Gasteiger partial charge in [0.1, 0.15) is 6.04 Å². The molecule has 2 atom stereocenters. The van der Waals surface area contributed by atoms with Gasteiger partial charge in [0.2, 0.25) is 17.7 Å². The summed E-state index contributed by atoms with van der Waals surface area (Å²) in [5.41, 5.74) is 1.48. The van der Waals surface area contributed by atoms with Crippen molar-refractivity contribution in [2.75, 3.05) is 46.4 Å². The Bertz CT molecular complexity index is 1060. The third-order valence-electron chi connectivity index (χ3n) is 9.64. The van der Waals surface area contributed by atoms with Crippen molar-refractivity contribution in [3.63, 3.8) is 0 Å². The summed E-state index contributed by atoms with van der Waals surface area (Å²) in [4.78, 5) is 42.0. The number of allylic oxidation sites excluding steroid dienone is 6. The number of hydrogen-bond donors (Lipinski definition) is 3. The Kier molecular flexibility index (Phi) is 30.9. The molecule has 2 rings (SSSR count). The van der Waals surface area contributed by atoms with Crippen molar-refractivity contribution in [2.24, 2.45) is 17.8 Å². The molecule has 2 aliphatic carbocycles. The van der Waals surface area contributed by atoms with Crippen LogP contribution in [0.15, 0.2) is 36.0 Å². The summed E-state index contributed by atoms with van der Waals surface area (Å²) < 4.78 is 0. The fraction of sp³-hybridized carbons (Fsp3) is 0.750. The number of amides is 3. The zero-order valence-electron chi connectivity index (χ0n) is 34.4. The highest BCUT2D eigenvalue weighted by molar-refractivity contribution is 5.89. The van der Waals surface area contributed by atoms with Gasteiger partial charge in [0.15, 0.2) is 0 Å². The maximum absolute atomic E-state index is 13.0. The van der Waals surface area contributed by atoms with Gasteiger partial charge in [-0.2, -0.15) is 0 Å². The summed E-state index contributed by atoms with van der Waals surface area (Å²) >= 11 is 0. The van der Waals surface area contributed by atoms with Crippen LogP contribution in [0.5, 0.6) is 0 Å². The van der Waals surface area contributed by atoms with Crippen LogP contribution in [0.25, 0.3) is 0 Å². The Morgan fingerprint density at radius 1 is 0.981 bits per heavy atom. The van der Waals surface area contributed by atoms with Crippen LogP contribution in [-0.4, -0.2) is 85.0 Å². The van der Waals surface area contributed by atoms with Crippen LogP contribution in [0.4, 0.5) is 0 Å². The summed E-state index contributed by atoms with van der Waals surface area (Å²) in [7, 11) is 1.73. The lowest BCUT2D eigenvalue weighted by Crippen LogP contribution is -2.48. The fourth-order valence-corrected chi connectivity index (χ4v) is 6.69. The first kappa shape index (κ1) is 49.1. The van der Waals surface area contributed by atoms with Crippen molar-refractivity contribution in [1.29, 1.82) is 0 Å². The fourth-order valence-electron chi connectivity index (χ4n) is 6.69. The third kappa shape index (κ3) is 25.1. The van der Waals surface area contributed by atoms with Gasteiger partial charge < -0.3 is 20.6 Å². The Morgan fingerprint density at radius 3 is 2.35 bits per heavy atom. The van der Waals surface area contributed by atoms with Crippen molar-refractivity contribution in [1.82, 2.24) is 20.4 Å². The van der Waals surface area contributed by atoms with E-state index >= 15 is 0 Å². The van der Waals surface area contributed by atoms with E-state index in [1.807, 2.05) is 13.8 Å². The van der Waals surface area contributed by atoms with Gasteiger partial charge in [0.25, 0.3) is 0 Å². The predicted octanol–water partition coefficient (Wildman–Crippen LogP) is 8.22. The minimum Gasteiger partial charge on any atom is -0.395 e. The topological polar surface area (TPSA) is 102 Å². The monoisotopic (exact) mass is 727 g/mol. The first-order valence-electron chi connectivity index (χ1n) is 20.7. The van der Waals surface area contributed by atoms with Crippen LogP contribution in [0.2, 0.25) is 0 Å². The number of terminal acetylenes is 1. The van der Waals surface area contributed by atoms with E-state index in [9.17, 15) is 19.5 Å². The van der Waals surface area contributed by atoms with Crippen LogP contribution in [-0.2, 0) is 14.4 Å². The largest absolute Gasteiger partial charge is 0.395 e. The number of nitrogens with zero attached hydrogens (tertiary/aromatic N) is 2. The number of nitrogens with one attached hydrogen (secondary N) is 2. The lowest BCUT2D eigenvalue weighted by atomic mass is 9.81. The highest BCUT2D eigenvalue weighted by Gasteiger charge is 2.24. The summed E-state index contributed by atoms with van der Waals surface area (Å²) in [5, 5.41) is 15.0. The molecule has 0 heterocycles. The number of aliphatic hydroxyl groups excluding tert-OH is 1. The van der Waals surface area contributed by atoms with Gasteiger partial charge in [0.05, 0.1) is 6.61 Å². The van der Waals surface area contributed by atoms with E-state index in [-0.39, 0.29) is 43.6 Å². The molecule has 0 aromatic heterocycles. The Labute approximate surface area is 319 Å². The van der Waals surface area contributed by atoms with E-state index in [1.54, 1.807) is 11.9 Å². The molecule has 52 heavy (non-hydrogen) atoms. The minimum atomic E-state index is -0.794. The van der Waals surface area contributed by atoms with Gasteiger partial charge >= 0.3 is 0 Å². The molecule has 0 unspecified atom stereocenters. The van der Waals surface area contributed by atoms with Gasteiger partial charge in [-0.15, -0.1) is 12.3 Å². The molecule has 0 aromatic carbocycles. The minimum absolute atomic E-state index is 0.00630. The zero-order valence-corrected chi connectivity index (χ0v) is 34.4. The Hall–Kier alpha value is -2.89. The maximum atomic E-state index is 13.0. The summed E-state index contributed by atoms with van der Waals surface area (Å²) in [6.45, 7) is 16.1. The molecule has 8 heteroatoms. The zero-order chi connectivity index (χ0) is 39.0. The molecule has 3 N–H and O–H groups in total. The molecule has 0 spiro atoms. The standard InChI is InChI=1S/C32H58N4O4.C10H14.C2H6/c1-6-12-29(34-30(38)17-18-31(39)35(5)20-21-36(19-7-2)22-23-37)32(40)33-25-28(16-11-13-26(3)4)24-27-14-9-8-10-15-27;1-2-7-10-8-5-3-4-6-9-10;1-2/h1,26-29,37H,7-25H2,2-5H3,(H,33,40)(H,34,38);3-5,8-9H,2,6-7H2,1H3;1-2H3/t28-,29+;;/m1../s1. The van der Waals surface area contributed by atoms with Gasteiger partial charge in [0, 0.05) is 52.5 Å². The molecule has 8 nitrogen and oxygen atoms in total. The van der Waals surface area contributed by atoms with E-state index in [0.29, 0.717) is 38.0 Å². The van der Waals surface area contributed by atoms with E-state index < -0.39 is 6.04 Å². The quantitative estimate of drug-likeness (QED) is 0.0922. The van der Waals surface area contributed by atoms with E-state index in [1.165, 1.54) is 56.9 Å². The molecule has 0 bridgehead atoms. The summed E-state index contributed by atoms with van der Waals surface area (Å²) in [6.07, 6.45) is 32.3. The lowest BCUT2D eigenvalue weighted by molar-refractivity contribution is -0.133. The summed E-state index contributed by atoms with van der Waals surface area (Å²) in [5.74, 6) is 3.66. The second-order valence-electron chi connectivity index (χ2n) is 14.6. The van der Waals surface area contributed by atoms with Crippen molar-refractivity contribution in [3.8, 4) is 12.3 Å². The third-order valence-corrected chi connectivity index (χ3v) is 9.64. The Balaban J connectivity index is 0.00000183. The van der Waals surface area contributed by atoms with Crippen molar-refractivity contribution in [3.05, 3.63) is 36.0 Å². The molecule has 0 saturated heterocycles. The molecule has 0 aromatic rings. The predicted molar refractivity (Wildman–Crippen MR) is 220 cm³/mol. The first-order valence-corrected chi connectivity index (χ1v) is 20.7. The molecular weight excluding hydrogens is 649 g/mol. The van der Waals surface area contributed by atoms with Crippen LogP contribution in [0, 0.1) is 30.1 Å². The van der Waals surface area contributed by atoms with Crippen LogP contribution in [0.3, 0.4) is 0 Å². The average Bonchev–Trinajstić information content (AvgIpc) is 3.42. The van der Waals surface area contributed by atoms with E-state index in [2.05, 4.69) is 79.5 Å². The normalized spacial score (nSPS) is 15.2. The van der Waals surface area contributed by atoms with Gasteiger partial charge in [-0.3, -0.25) is 19.3 Å². The van der Waals surface area contributed by atoms with Crippen molar-refractivity contribution < 1.29 is 19.5 Å². The molecule has 0 aliphatic heterocycles. The highest BCUT2D eigenvalue weighted by atomic mass is 16.3. The first-order chi connectivity index (χ1) is 25.1. The van der Waals surface area contributed by atoms with Gasteiger partial charge in [-0.05, 0) is 56.4 Å². The van der Waals surface area contributed by atoms with E-state index in [4.69, 9.17) is 6.42 Å². The molecule has 1 fully saturated rings. The smallest absolute Gasteiger partial charge is 0.243 e. The molecule has 3 amide bonds.